The second kappa shape index (κ2) is 7.11. The largest absolute Gasteiger partial charge is 0.294 e. The number of hydrogen-bond donors (Lipinski definition) is 1. The van der Waals surface area contributed by atoms with Crippen molar-refractivity contribution in [3.05, 3.63) is 88.7 Å². The van der Waals surface area contributed by atoms with Crippen molar-refractivity contribution in [3.8, 4) is 0 Å². The fourth-order valence-electron chi connectivity index (χ4n) is 3.43. The Kier molecular flexibility index (Phi) is 4.50. The normalized spacial score (nSPS) is 15.9. The van der Waals surface area contributed by atoms with Crippen LogP contribution in [0.5, 0.6) is 0 Å². The lowest BCUT2D eigenvalue weighted by atomic mass is 9.82. The molecule has 1 N–H and O–H groups in total. The molecule has 1 aromatic heterocycles. The molecule has 1 aliphatic rings. The molecule has 0 radical (unpaired) electrons. The van der Waals surface area contributed by atoms with E-state index in [1.54, 1.807) is 6.07 Å². The Morgan fingerprint density at radius 1 is 1.07 bits per heavy atom. The third kappa shape index (κ3) is 3.62. The van der Waals surface area contributed by atoms with Gasteiger partial charge in [-0.2, -0.15) is 0 Å². The van der Waals surface area contributed by atoms with Crippen LogP contribution in [-0.2, 0) is 6.42 Å². The van der Waals surface area contributed by atoms with Crippen molar-refractivity contribution in [2.24, 2.45) is 0 Å². The highest BCUT2D eigenvalue weighted by Gasteiger charge is 2.28. The number of rotatable bonds is 3. The number of amides is 1. The third-order valence-electron chi connectivity index (χ3n) is 4.82. The molecule has 0 spiro atoms. The van der Waals surface area contributed by atoms with E-state index in [-0.39, 0.29) is 23.6 Å². The standard InChI is InChI=1S/C22H19N3O2/c1-14-6-5-9-16(10-14)21(27)25-22-23-13-18-19(24-22)11-17(12-20(18)26)15-7-3-2-4-8-15/h2-10,13,17H,11-12H2,1H3,(H,23,24,25,27). The van der Waals surface area contributed by atoms with Crippen LogP contribution in [0.1, 0.15) is 49.9 Å². The molecule has 0 bridgehead atoms. The number of nitrogens with zero attached hydrogens (tertiary/aromatic N) is 2. The van der Waals surface area contributed by atoms with Gasteiger partial charge in [-0.1, -0.05) is 48.0 Å². The Morgan fingerprint density at radius 2 is 1.89 bits per heavy atom. The first-order valence-corrected chi connectivity index (χ1v) is 8.92. The maximum Gasteiger partial charge on any atom is 0.258 e. The van der Waals surface area contributed by atoms with Crippen LogP contribution in [0.25, 0.3) is 0 Å². The number of hydrogen-bond acceptors (Lipinski definition) is 4. The summed E-state index contributed by atoms with van der Waals surface area (Å²) in [6, 6.07) is 17.3. The molecule has 0 saturated carbocycles. The van der Waals surface area contributed by atoms with Crippen LogP contribution in [0.2, 0.25) is 0 Å². The summed E-state index contributed by atoms with van der Waals surface area (Å²) in [6.45, 7) is 1.93. The van der Waals surface area contributed by atoms with E-state index in [1.165, 1.54) is 6.20 Å². The number of aromatic nitrogens is 2. The molecule has 0 saturated heterocycles. The highest BCUT2D eigenvalue weighted by Crippen LogP contribution is 2.31. The van der Waals surface area contributed by atoms with Gasteiger partial charge in [0, 0.05) is 18.2 Å². The Balaban J connectivity index is 1.58. The quantitative estimate of drug-likeness (QED) is 0.770. The van der Waals surface area contributed by atoms with E-state index in [0.29, 0.717) is 29.7 Å². The molecule has 5 nitrogen and oxygen atoms in total. The summed E-state index contributed by atoms with van der Waals surface area (Å²) < 4.78 is 0. The van der Waals surface area contributed by atoms with Gasteiger partial charge >= 0.3 is 0 Å². The van der Waals surface area contributed by atoms with Crippen LogP contribution in [0, 0.1) is 6.92 Å². The molecule has 0 fully saturated rings. The number of aryl methyl sites for hydroxylation is 1. The monoisotopic (exact) mass is 357 g/mol. The lowest BCUT2D eigenvalue weighted by molar-refractivity contribution is 0.0962. The second-order valence-electron chi connectivity index (χ2n) is 6.82. The average molecular weight is 357 g/mol. The number of carbonyl (C=O) groups is 2. The molecule has 1 aliphatic carbocycles. The van der Waals surface area contributed by atoms with Crippen molar-refractivity contribution in [1.82, 2.24) is 9.97 Å². The molecule has 5 heteroatoms. The average Bonchev–Trinajstić information content (AvgIpc) is 2.68. The molecule has 2 aromatic carbocycles. The predicted molar refractivity (Wildman–Crippen MR) is 103 cm³/mol. The van der Waals surface area contributed by atoms with E-state index < -0.39 is 0 Å². The highest BCUT2D eigenvalue weighted by atomic mass is 16.1. The molecule has 3 aromatic rings. The molecular formula is C22H19N3O2. The number of benzene rings is 2. The molecule has 27 heavy (non-hydrogen) atoms. The number of ketones is 1. The van der Waals surface area contributed by atoms with Gasteiger partial charge in [-0.15, -0.1) is 0 Å². The van der Waals surface area contributed by atoms with Crippen molar-refractivity contribution >= 4 is 17.6 Å². The smallest absolute Gasteiger partial charge is 0.258 e. The van der Waals surface area contributed by atoms with Gasteiger partial charge in [0.2, 0.25) is 5.95 Å². The predicted octanol–water partition coefficient (Wildman–Crippen LogP) is 3.95. The third-order valence-corrected chi connectivity index (χ3v) is 4.82. The van der Waals surface area contributed by atoms with E-state index in [2.05, 4.69) is 15.3 Å². The lowest BCUT2D eigenvalue weighted by Crippen LogP contribution is -2.22. The minimum Gasteiger partial charge on any atom is -0.294 e. The van der Waals surface area contributed by atoms with Gasteiger partial charge in [0.15, 0.2) is 5.78 Å². The number of carbonyl (C=O) groups excluding carboxylic acids is 2. The van der Waals surface area contributed by atoms with Gasteiger partial charge in [-0.25, -0.2) is 9.97 Å². The van der Waals surface area contributed by atoms with Crippen LogP contribution >= 0.6 is 0 Å². The molecule has 1 amide bonds. The summed E-state index contributed by atoms with van der Waals surface area (Å²) in [6.07, 6.45) is 2.63. The van der Waals surface area contributed by atoms with E-state index >= 15 is 0 Å². The van der Waals surface area contributed by atoms with Gasteiger partial charge in [-0.05, 0) is 37.0 Å². The fraction of sp³-hybridized carbons (Fsp3) is 0.182. The summed E-state index contributed by atoms with van der Waals surface area (Å²) in [5.41, 5.74) is 3.92. The summed E-state index contributed by atoms with van der Waals surface area (Å²) in [5, 5.41) is 2.73. The SMILES string of the molecule is Cc1cccc(C(=O)Nc2ncc3c(n2)CC(c2ccccc2)CC3=O)c1. The Bertz CT molecular complexity index is 1020. The van der Waals surface area contributed by atoms with E-state index in [0.717, 1.165) is 11.1 Å². The van der Waals surface area contributed by atoms with Crippen molar-refractivity contribution in [2.75, 3.05) is 5.32 Å². The van der Waals surface area contributed by atoms with Crippen molar-refractivity contribution in [2.45, 2.75) is 25.7 Å². The van der Waals surface area contributed by atoms with Gasteiger partial charge in [-0.3, -0.25) is 14.9 Å². The van der Waals surface area contributed by atoms with Crippen molar-refractivity contribution in [1.29, 1.82) is 0 Å². The van der Waals surface area contributed by atoms with Gasteiger partial charge in [0.1, 0.15) is 0 Å². The maximum atomic E-state index is 12.5. The molecule has 134 valence electrons. The molecule has 0 aliphatic heterocycles. The zero-order chi connectivity index (χ0) is 18.8. The zero-order valence-corrected chi connectivity index (χ0v) is 15.0. The first kappa shape index (κ1) is 17.1. The molecule has 1 atom stereocenters. The van der Waals surface area contributed by atoms with Crippen molar-refractivity contribution in [3.63, 3.8) is 0 Å². The van der Waals surface area contributed by atoms with Gasteiger partial charge in [0.05, 0.1) is 11.3 Å². The van der Waals surface area contributed by atoms with Crippen LogP contribution in [-0.4, -0.2) is 21.7 Å². The van der Waals surface area contributed by atoms with Crippen LogP contribution < -0.4 is 5.32 Å². The molecule has 1 heterocycles. The highest BCUT2D eigenvalue weighted by molar-refractivity contribution is 6.03. The first-order chi connectivity index (χ1) is 13.1. The van der Waals surface area contributed by atoms with E-state index in [9.17, 15) is 9.59 Å². The fourth-order valence-corrected chi connectivity index (χ4v) is 3.43. The zero-order valence-electron chi connectivity index (χ0n) is 15.0. The van der Waals surface area contributed by atoms with Gasteiger partial charge < -0.3 is 0 Å². The summed E-state index contributed by atoms with van der Waals surface area (Å²) in [5.74, 6) is 0.102. The van der Waals surface area contributed by atoms with E-state index in [4.69, 9.17) is 0 Å². The summed E-state index contributed by atoms with van der Waals surface area (Å²) >= 11 is 0. The Morgan fingerprint density at radius 3 is 2.67 bits per heavy atom. The topological polar surface area (TPSA) is 72.0 Å². The van der Waals surface area contributed by atoms with Crippen LogP contribution in [0.3, 0.4) is 0 Å². The van der Waals surface area contributed by atoms with Crippen molar-refractivity contribution < 1.29 is 9.59 Å². The summed E-state index contributed by atoms with van der Waals surface area (Å²) in [7, 11) is 0. The molecule has 4 rings (SSSR count). The van der Waals surface area contributed by atoms with Crippen LogP contribution in [0.15, 0.2) is 60.8 Å². The maximum absolute atomic E-state index is 12.5. The number of anilines is 1. The molecular weight excluding hydrogens is 338 g/mol. The number of Topliss-reactive ketones (excluding diaryl/α,β-unsaturated/α-hetero) is 1. The van der Waals surface area contributed by atoms with Crippen LogP contribution in [0.4, 0.5) is 5.95 Å². The molecule has 1 unspecified atom stereocenters. The first-order valence-electron chi connectivity index (χ1n) is 8.92. The Hall–Kier alpha value is -3.34. The van der Waals surface area contributed by atoms with Gasteiger partial charge in [0.25, 0.3) is 5.91 Å². The number of nitrogens with one attached hydrogen (secondary N) is 1. The number of fused-ring (bicyclic) bond motifs is 1. The minimum atomic E-state index is -0.264. The Labute approximate surface area is 157 Å². The summed E-state index contributed by atoms with van der Waals surface area (Å²) in [4.78, 5) is 33.5. The minimum absolute atomic E-state index is 0.0432. The van der Waals surface area contributed by atoms with E-state index in [1.807, 2.05) is 55.5 Å². The second-order valence-corrected chi connectivity index (χ2v) is 6.82. The lowest BCUT2D eigenvalue weighted by Gasteiger charge is -2.23.